The number of unbranched alkanes of at least 4 members (excludes halogenated alkanes) is 32. The molecule has 9 nitrogen and oxygen atoms in total. The Balaban J connectivity index is 4.07. The van der Waals surface area contributed by atoms with Gasteiger partial charge in [-0.05, 0) is 96.3 Å². The molecule has 2 unspecified atom stereocenters. The van der Waals surface area contributed by atoms with Crippen molar-refractivity contribution < 1.29 is 42.9 Å². The molecule has 0 fully saturated rings. The second-order valence-corrected chi connectivity index (χ2v) is 24.1. The molecule has 0 aliphatic heterocycles. The molecule has 83 heavy (non-hydrogen) atoms. The van der Waals surface area contributed by atoms with Crippen LogP contribution in [-0.4, -0.2) is 87.4 Å². The number of ether oxygens (including phenoxy) is 4. The van der Waals surface area contributed by atoms with Gasteiger partial charge < -0.3 is 28.5 Å². The number of carbonyl (C=O) groups is 3. The SMILES string of the molecule is CC/C=C\C/C=C\C/C=C\C/C=C\C/C=C\C/C=C\CCCCC(=O)OC(COC(=O)CCCCCCCCCCCCCCCCCCCCCCCCCCC/C=C\C/C=C\CCCCCCC)COC(OCC[N+](C)(C)C)C(=O)O. The quantitative estimate of drug-likeness (QED) is 0.0211. The first kappa shape index (κ1) is 79.2. The zero-order valence-electron chi connectivity index (χ0n) is 54.6. The molecule has 2 atom stereocenters. The highest BCUT2D eigenvalue weighted by atomic mass is 16.7. The van der Waals surface area contributed by atoms with Crippen molar-refractivity contribution in [3.05, 3.63) is 97.2 Å². The maximum atomic E-state index is 12.9. The first-order valence-corrected chi connectivity index (χ1v) is 34.4. The summed E-state index contributed by atoms with van der Waals surface area (Å²) in [7, 11) is 5.96. The molecule has 1 N–H and O–H groups in total. The fraction of sp³-hybridized carbons (Fsp3) is 0.743. The highest BCUT2D eigenvalue weighted by molar-refractivity contribution is 5.71. The predicted molar refractivity (Wildman–Crippen MR) is 355 cm³/mol. The molecule has 0 spiro atoms. The normalized spacial score (nSPS) is 13.3. The monoisotopic (exact) mass is 1160 g/mol. The summed E-state index contributed by atoms with van der Waals surface area (Å²) >= 11 is 0. The van der Waals surface area contributed by atoms with Gasteiger partial charge >= 0.3 is 17.9 Å². The minimum absolute atomic E-state index is 0.176. The van der Waals surface area contributed by atoms with Crippen LogP contribution in [0, 0.1) is 0 Å². The van der Waals surface area contributed by atoms with E-state index in [1.165, 1.54) is 186 Å². The van der Waals surface area contributed by atoms with Crippen LogP contribution in [0.25, 0.3) is 0 Å². The Hall–Kier alpha value is -3.79. The molecule has 0 radical (unpaired) electrons. The molecular weight excluding hydrogens is 1030 g/mol. The Labute approximate surface area is 512 Å². The third-order valence-electron chi connectivity index (χ3n) is 14.8. The van der Waals surface area contributed by atoms with E-state index in [4.69, 9.17) is 18.9 Å². The van der Waals surface area contributed by atoms with Crippen molar-refractivity contribution in [1.29, 1.82) is 0 Å². The number of aliphatic carboxylic acids is 1. The van der Waals surface area contributed by atoms with Crippen LogP contribution in [0.1, 0.15) is 296 Å². The van der Waals surface area contributed by atoms with Crippen molar-refractivity contribution in [2.45, 2.75) is 309 Å². The van der Waals surface area contributed by atoms with Crippen LogP contribution >= 0.6 is 0 Å². The second kappa shape index (κ2) is 64.2. The average molecular weight is 1160 g/mol. The molecule has 0 bridgehead atoms. The second-order valence-electron chi connectivity index (χ2n) is 24.1. The molecule has 0 aliphatic rings. The minimum atomic E-state index is -1.53. The summed E-state index contributed by atoms with van der Waals surface area (Å²) in [5.41, 5.74) is 0. The molecule has 0 saturated heterocycles. The third-order valence-corrected chi connectivity index (χ3v) is 14.8. The van der Waals surface area contributed by atoms with Gasteiger partial charge in [-0.3, -0.25) is 9.59 Å². The van der Waals surface area contributed by atoms with Gasteiger partial charge in [-0.1, -0.05) is 284 Å². The van der Waals surface area contributed by atoms with Crippen molar-refractivity contribution in [3.63, 3.8) is 0 Å². The Bertz CT molecular complexity index is 1680. The van der Waals surface area contributed by atoms with E-state index in [2.05, 4.69) is 111 Å². The maximum Gasteiger partial charge on any atom is 0.361 e. The van der Waals surface area contributed by atoms with E-state index in [1.807, 2.05) is 21.1 Å². The summed E-state index contributed by atoms with van der Waals surface area (Å²) in [5.74, 6) is -2.06. The maximum absolute atomic E-state index is 12.9. The average Bonchev–Trinajstić information content (AvgIpc) is 3.46. The summed E-state index contributed by atoms with van der Waals surface area (Å²) in [6.45, 7) is 4.72. The lowest BCUT2D eigenvalue weighted by atomic mass is 10.0. The lowest BCUT2D eigenvalue weighted by Crippen LogP contribution is -2.40. The van der Waals surface area contributed by atoms with Gasteiger partial charge in [0.2, 0.25) is 0 Å². The van der Waals surface area contributed by atoms with E-state index in [0.29, 0.717) is 23.9 Å². The highest BCUT2D eigenvalue weighted by Crippen LogP contribution is 2.17. The van der Waals surface area contributed by atoms with Gasteiger partial charge in [-0.25, -0.2) is 4.79 Å². The zero-order chi connectivity index (χ0) is 60.5. The molecule has 0 aliphatic carbocycles. The standard InChI is InChI=1S/C74H129NO8/c1-6-8-10-12-14-16-18-20-22-24-26-28-29-30-31-32-33-34-35-36-37-38-39-40-41-42-43-45-46-48-50-52-54-56-58-60-62-64-71(76)81-68-70(69-82-74(73(78)79)80-67-66-75(3,4)5)83-72(77)65-63-61-59-57-55-53-51-49-47-44-27-25-23-21-19-17-15-13-11-9-7-2/h9,11,15,17-18,20-21,23-24,26-27,44,49,51,55,57,70,74H,6-8,10,12-14,16,19,22,25,28-43,45-48,50,52-54,56,58-69H2,1-5H3/p+1/b11-9-,17-15-,20-18-,23-21-,26-24-,44-27-,51-49-,57-55-. The van der Waals surface area contributed by atoms with Crippen LogP contribution in [-0.2, 0) is 33.3 Å². The summed E-state index contributed by atoms with van der Waals surface area (Å²) in [6.07, 6.45) is 85.4. The van der Waals surface area contributed by atoms with Crippen LogP contribution in [0.2, 0.25) is 0 Å². The van der Waals surface area contributed by atoms with Gasteiger partial charge in [-0.15, -0.1) is 0 Å². The van der Waals surface area contributed by atoms with Crippen LogP contribution in [0.3, 0.4) is 0 Å². The summed E-state index contributed by atoms with van der Waals surface area (Å²) in [5, 5.41) is 9.73. The van der Waals surface area contributed by atoms with Gasteiger partial charge in [0, 0.05) is 12.8 Å². The number of quaternary nitrogens is 1. The number of carbonyl (C=O) groups excluding carboxylic acids is 2. The number of nitrogens with zero attached hydrogens (tertiary/aromatic N) is 1. The summed E-state index contributed by atoms with van der Waals surface area (Å²) in [6, 6.07) is 0. The first-order valence-electron chi connectivity index (χ1n) is 34.4. The van der Waals surface area contributed by atoms with Gasteiger partial charge in [0.25, 0.3) is 6.29 Å². The van der Waals surface area contributed by atoms with E-state index >= 15 is 0 Å². The molecule has 0 aromatic carbocycles. The van der Waals surface area contributed by atoms with Crippen LogP contribution in [0.4, 0.5) is 0 Å². The van der Waals surface area contributed by atoms with E-state index in [9.17, 15) is 19.5 Å². The molecule has 0 heterocycles. The smallest absolute Gasteiger partial charge is 0.361 e. The molecule has 0 aromatic rings. The summed E-state index contributed by atoms with van der Waals surface area (Å²) < 4.78 is 22.9. The number of hydrogen-bond donors (Lipinski definition) is 1. The van der Waals surface area contributed by atoms with Crippen molar-refractivity contribution in [2.75, 3.05) is 47.5 Å². The topological polar surface area (TPSA) is 108 Å². The zero-order valence-corrected chi connectivity index (χ0v) is 54.6. The number of carboxylic acid groups (broad SMARTS) is 1. The number of esters is 2. The Morgan fingerprint density at radius 1 is 0.373 bits per heavy atom. The molecule has 0 aromatic heterocycles. The number of hydrogen-bond acceptors (Lipinski definition) is 7. The fourth-order valence-electron chi connectivity index (χ4n) is 9.58. The number of likely N-dealkylation sites (N-methyl/N-ethyl adjacent to an activating group) is 1. The first-order chi connectivity index (χ1) is 40.6. The van der Waals surface area contributed by atoms with Gasteiger partial charge in [-0.2, -0.15) is 0 Å². The predicted octanol–water partition coefficient (Wildman–Crippen LogP) is 21.2. The van der Waals surface area contributed by atoms with Crippen molar-refractivity contribution in [2.24, 2.45) is 0 Å². The Morgan fingerprint density at radius 2 is 0.687 bits per heavy atom. The summed E-state index contributed by atoms with van der Waals surface area (Å²) in [4.78, 5) is 37.5. The van der Waals surface area contributed by atoms with Crippen molar-refractivity contribution >= 4 is 17.9 Å². The molecule has 0 saturated carbocycles. The van der Waals surface area contributed by atoms with Crippen molar-refractivity contribution in [3.8, 4) is 0 Å². The molecule has 9 heteroatoms. The van der Waals surface area contributed by atoms with Gasteiger partial charge in [0.15, 0.2) is 6.10 Å². The number of carboxylic acids is 1. The highest BCUT2D eigenvalue weighted by Gasteiger charge is 2.25. The van der Waals surface area contributed by atoms with E-state index < -0.39 is 24.3 Å². The van der Waals surface area contributed by atoms with E-state index in [1.54, 1.807) is 0 Å². The molecule has 0 amide bonds. The third kappa shape index (κ3) is 65.6. The lowest BCUT2D eigenvalue weighted by Gasteiger charge is -2.25. The van der Waals surface area contributed by atoms with Crippen LogP contribution < -0.4 is 0 Å². The van der Waals surface area contributed by atoms with Gasteiger partial charge in [0.05, 0.1) is 34.4 Å². The molecule has 478 valence electrons. The lowest BCUT2D eigenvalue weighted by molar-refractivity contribution is -0.870. The minimum Gasteiger partial charge on any atom is -0.477 e. The number of rotatable bonds is 63. The van der Waals surface area contributed by atoms with Gasteiger partial charge in [0.1, 0.15) is 13.2 Å². The van der Waals surface area contributed by atoms with E-state index in [-0.39, 0.29) is 32.2 Å². The largest absolute Gasteiger partial charge is 0.477 e. The van der Waals surface area contributed by atoms with E-state index in [0.717, 1.165) is 77.0 Å². The number of allylic oxidation sites excluding steroid dienone is 16. The van der Waals surface area contributed by atoms with Crippen LogP contribution in [0.5, 0.6) is 0 Å². The molecular formula is C74H130NO8+. The van der Waals surface area contributed by atoms with Crippen molar-refractivity contribution in [1.82, 2.24) is 0 Å². The van der Waals surface area contributed by atoms with Crippen LogP contribution in [0.15, 0.2) is 97.2 Å². The Morgan fingerprint density at radius 3 is 1.05 bits per heavy atom. The Kier molecular flexibility index (Phi) is 61.3. The fourth-order valence-corrected chi connectivity index (χ4v) is 9.58. The molecule has 0 rings (SSSR count).